The number of nitrogens with zero attached hydrogens (tertiary/aromatic N) is 3. The molecule has 0 saturated carbocycles. The van der Waals surface area contributed by atoms with Gasteiger partial charge in [-0.05, 0) is 47.5 Å². The van der Waals surface area contributed by atoms with Crippen LogP contribution < -0.4 is 0 Å². The predicted octanol–water partition coefficient (Wildman–Crippen LogP) is 2.68. The Balaban J connectivity index is 1.83. The number of ether oxygens (including phenoxy) is 2. The number of piperidine rings is 1. The number of hydrogen-bond donors (Lipinski definition) is 0. The highest BCUT2D eigenvalue weighted by atomic mass is 16.6. The number of amides is 1. The Labute approximate surface area is 130 Å². The van der Waals surface area contributed by atoms with E-state index >= 15 is 0 Å². The fourth-order valence-corrected chi connectivity index (χ4v) is 2.26. The van der Waals surface area contributed by atoms with E-state index in [-0.39, 0.29) is 11.7 Å². The smallest absolute Gasteiger partial charge is 0.410 e. The summed E-state index contributed by atoms with van der Waals surface area (Å²) in [6.45, 7) is 11.1. The largest absolute Gasteiger partial charge is 0.444 e. The number of aryl methyl sites for hydroxylation is 1. The fourth-order valence-electron chi connectivity index (χ4n) is 2.26. The van der Waals surface area contributed by atoms with E-state index < -0.39 is 5.60 Å². The molecule has 0 N–H and O–H groups in total. The van der Waals surface area contributed by atoms with Gasteiger partial charge in [0.15, 0.2) is 0 Å². The fraction of sp³-hybridized carbons (Fsp3) is 0.800. The zero-order chi connectivity index (χ0) is 16.4. The van der Waals surface area contributed by atoms with Gasteiger partial charge in [0.1, 0.15) is 17.0 Å². The minimum Gasteiger partial charge on any atom is -0.444 e. The maximum absolute atomic E-state index is 12.0. The molecule has 1 aromatic heterocycles. The van der Waals surface area contributed by atoms with Crippen molar-refractivity contribution in [1.82, 2.24) is 15.2 Å². The van der Waals surface area contributed by atoms with Crippen LogP contribution in [0.2, 0.25) is 0 Å². The van der Waals surface area contributed by atoms with Crippen molar-refractivity contribution in [3.8, 4) is 0 Å². The standard InChI is InChI=1S/C15H25N3O4/c1-11-12(17-22-16-11)10-20-15(5)6-8-18(9-7-15)13(19)21-14(2,3)4/h6-10H2,1-5H3. The van der Waals surface area contributed by atoms with Crippen LogP contribution >= 0.6 is 0 Å². The summed E-state index contributed by atoms with van der Waals surface area (Å²) in [4.78, 5) is 13.8. The second-order valence-electron chi connectivity index (χ2n) is 7.00. The van der Waals surface area contributed by atoms with Crippen LogP contribution in [0.4, 0.5) is 4.79 Å². The van der Waals surface area contributed by atoms with E-state index in [0.717, 1.165) is 24.2 Å². The van der Waals surface area contributed by atoms with Crippen molar-refractivity contribution < 1.29 is 18.9 Å². The molecular formula is C15H25N3O4. The molecular weight excluding hydrogens is 286 g/mol. The van der Waals surface area contributed by atoms with Crippen LogP contribution in [0.15, 0.2) is 4.63 Å². The number of rotatable bonds is 3. The number of carbonyl (C=O) groups is 1. The van der Waals surface area contributed by atoms with E-state index in [4.69, 9.17) is 9.47 Å². The van der Waals surface area contributed by atoms with Crippen LogP contribution in [0.25, 0.3) is 0 Å². The van der Waals surface area contributed by atoms with E-state index in [1.807, 2.05) is 27.7 Å². The summed E-state index contributed by atoms with van der Waals surface area (Å²) in [7, 11) is 0. The summed E-state index contributed by atoms with van der Waals surface area (Å²) < 4.78 is 16.0. The summed E-state index contributed by atoms with van der Waals surface area (Å²) in [6, 6.07) is 0. The summed E-state index contributed by atoms with van der Waals surface area (Å²) in [6.07, 6.45) is 1.26. The van der Waals surface area contributed by atoms with E-state index in [2.05, 4.69) is 21.9 Å². The van der Waals surface area contributed by atoms with Gasteiger partial charge in [-0.2, -0.15) is 0 Å². The van der Waals surface area contributed by atoms with Crippen LogP contribution in [0.3, 0.4) is 0 Å². The third-order valence-electron chi connectivity index (χ3n) is 3.78. The highest BCUT2D eigenvalue weighted by molar-refractivity contribution is 5.68. The number of carbonyl (C=O) groups excluding carboxylic acids is 1. The van der Waals surface area contributed by atoms with Gasteiger partial charge < -0.3 is 14.4 Å². The molecule has 0 aromatic carbocycles. The van der Waals surface area contributed by atoms with Gasteiger partial charge in [0.2, 0.25) is 0 Å². The Kier molecular flexibility index (Phi) is 4.75. The normalized spacial score (nSPS) is 18.3. The van der Waals surface area contributed by atoms with Crippen LogP contribution in [0.5, 0.6) is 0 Å². The van der Waals surface area contributed by atoms with Crippen LogP contribution in [-0.4, -0.2) is 45.6 Å². The van der Waals surface area contributed by atoms with Crippen molar-refractivity contribution in [3.63, 3.8) is 0 Å². The molecule has 0 unspecified atom stereocenters. The lowest BCUT2D eigenvalue weighted by molar-refractivity contribution is -0.0827. The van der Waals surface area contributed by atoms with Gasteiger partial charge in [0.05, 0.1) is 12.2 Å². The lowest BCUT2D eigenvalue weighted by atomic mass is 9.93. The van der Waals surface area contributed by atoms with Gasteiger partial charge in [-0.25, -0.2) is 9.42 Å². The Morgan fingerprint density at radius 3 is 2.45 bits per heavy atom. The second kappa shape index (κ2) is 6.24. The van der Waals surface area contributed by atoms with E-state index in [1.165, 1.54) is 0 Å². The molecule has 2 heterocycles. The summed E-state index contributed by atoms with van der Waals surface area (Å²) in [5, 5.41) is 7.56. The summed E-state index contributed by atoms with van der Waals surface area (Å²) >= 11 is 0. The first-order chi connectivity index (χ1) is 10.2. The van der Waals surface area contributed by atoms with Crippen molar-refractivity contribution in [2.24, 2.45) is 0 Å². The van der Waals surface area contributed by atoms with E-state index in [0.29, 0.717) is 19.7 Å². The minimum atomic E-state index is -0.466. The Bertz CT molecular complexity index is 513. The molecule has 1 aliphatic heterocycles. The maximum Gasteiger partial charge on any atom is 0.410 e. The lowest BCUT2D eigenvalue weighted by Crippen LogP contribution is -2.47. The van der Waals surface area contributed by atoms with Crippen LogP contribution in [-0.2, 0) is 16.1 Å². The first-order valence-electron chi connectivity index (χ1n) is 7.58. The first kappa shape index (κ1) is 16.7. The molecule has 0 bridgehead atoms. The van der Waals surface area contributed by atoms with Crippen molar-refractivity contribution in [2.45, 2.75) is 65.3 Å². The Morgan fingerprint density at radius 2 is 1.95 bits per heavy atom. The first-order valence-corrected chi connectivity index (χ1v) is 7.58. The van der Waals surface area contributed by atoms with E-state index in [1.54, 1.807) is 4.90 Å². The van der Waals surface area contributed by atoms with Crippen LogP contribution in [0, 0.1) is 6.92 Å². The molecule has 0 radical (unpaired) electrons. The van der Waals surface area contributed by atoms with Gasteiger partial charge in [-0.3, -0.25) is 0 Å². The van der Waals surface area contributed by atoms with Gasteiger partial charge in [-0.15, -0.1) is 0 Å². The van der Waals surface area contributed by atoms with Crippen molar-refractivity contribution in [2.75, 3.05) is 13.1 Å². The molecule has 1 saturated heterocycles. The molecule has 2 rings (SSSR count). The zero-order valence-electron chi connectivity index (χ0n) is 14.0. The lowest BCUT2D eigenvalue weighted by Gasteiger charge is -2.39. The molecule has 1 amide bonds. The molecule has 124 valence electrons. The predicted molar refractivity (Wildman–Crippen MR) is 79.3 cm³/mol. The highest BCUT2D eigenvalue weighted by Crippen LogP contribution is 2.28. The minimum absolute atomic E-state index is 0.258. The maximum atomic E-state index is 12.0. The SMILES string of the molecule is Cc1nonc1COC1(C)CCN(C(=O)OC(C)(C)C)CC1. The average molecular weight is 311 g/mol. The van der Waals surface area contributed by atoms with Gasteiger partial charge >= 0.3 is 6.09 Å². The van der Waals surface area contributed by atoms with Gasteiger partial charge in [-0.1, -0.05) is 10.3 Å². The Hall–Kier alpha value is -1.63. The monoisotopic (exact) mass is 311 g/mol. The van der Waals surface area contributed by atoms with Crippen molar-refractivity contribution >= 4 is 6.09 Å². The van der Waals surface area contributed by atoms with Crippen molar-refractivity contribution in [3.05, 3.63) is 11.4 Å². The molecule has 7 nitrogen and oxygen atoms in total. The molecule has 0 aliphatic carbocycles. The second-order valence-corrected chi connectivity index (χ2v) is 7.00. The van der Waals surface area contributed by atoms with Crippen LogP contribution in [0.1, 0.15) is 51.9 Å². The number of aromatic nitrogens is 2. The van der Waals surface area contributed by atoms with E-state index in [9.17, 15) is 4.79 Å². The molecule has 1 fully saturated rings. The van der Waals surface area contributed by atoms with Gasteiger partial charge in [0.25, 0.3) is 0 Å². The zero-order valence-corrected chi connectivity index (χ0v) is 14.0. The molecule has 0 spiro atoms. The van der Waals surface area contributed by atoms with Crippen molar-refractivity contribution in [1.29, 1.82) is 0 Å². The third kappa shape index (κ3) is 4.43. The number of likely N-dealkylation sites (tertiary alicyclic amines) is 1. The third-order valence-corrected chi connectivity index (χ3v) is 3.78. The average Bonchev–Trinajstić information content (AvgIpc) is 2.81. The highest BCUT2D eigenvalue weighted by Gasteiger charge is 2.34. The molecule has 22 heavy (non-hydrogen) atoms. The summed E-state index contributed by atoms with van der Waals surface area (Å²) in [5.41, 5.74) is 0.723. The molecule has 0 atom stereocenters. The topological polar surface area (TPSA) is 77.7 Å². The number of hydrogen-bond acceptors (Lipinski definition) is 6. The summed E-state index contributed by atoms with van der Waals surface area (Å²) in [5.74, 6) is 0. The quantitative estimate of drug-likeness (QED) is 0.854. The molecule has 7 heteroatoms. The molecule has 1 aliphatic rings. The Morgan fingerprint density at radius 1 is 1.32 bits per heavy atom. The van der Waals surface area contributed by atoms with Gasteiger partial charge in [0, 0.05) is 13.1 Å². The molecule has 1 aromatic rings.